The topological polar surface area (TPSA) is 128 Å². The molecule has 0 spiro atoms. The van der Waals surface area contributed by atoms with E-state index in [1.165, 1.54) is 31.5 Å². The van der Waals surface area contributed by atoms with Crippen LogP contribution >= 0.6 is 0 Å². The van der Waals surface area contributed by atoms with Crippen molar-refractivity contribution in [3.8, 4) is 11.5 Å². The highest BCUT2D eigenvalue weighted by molar-refractivity contribution is 6.39. The van der Waals surface area contributed by atoms with Gasteiger partial charge in [-0.05, 0) is 67.1 Å². The molecule has 0 aliphatic carbocycles. The molecule has 2 aromatic carbocycles. The van der Waals surface area contributed by atoms with Crippen LogP contribution in [0.5, 0.6) is 11.5 Å². The third-order valence-corrected chi connectivity index (χ3v) is 4.37. The van der Waals surface area contributed by atoms with E-state index in [1.807, 2.05) is 0 Å². The smallest absolute Gasteiger partial charge is 0.373 e. The normalized spacial score (nSPS) is 10.6. The number of amides is 2. The summed E-state index contributed by atoms with van der Waals surface area (Å²) in [5.41, 5.74) is 2.94. The Hall–Kier alpha value is -4.67. The summed E-state index contributed by atoms with van der Waals surface area (Å²) in [5.74, 6) is -1.69. The van der Waals surface area contributed by atoms with Crippen LogP contribution < -0.4 is 20.2 Å². The van der Waals surface area contributed by atoms with Gasteiger partial charge in [0.25, 0.3) is 0 Å². The number of hydrogen-bond acceptors (Lipinski definition) is 8. The standard InChI is InChI=1S/C24H22FN3O7/c1-3-33-21-12-15(4-10-19(21)34-14-18-9-11-20(35-18)24(31)32-2)13-26-28-23(30)22(29)27-17-7-5-16(25)6-8-17/h4-13H,3,14H2,1-2H3,(H,27,29)(H,28,30). The van der Waals surface area contributed by atoms with Crippen molar-refractivity contribution < 1.29 is 37.4 Å². The minimum absolute atomic E-state index is 0.0454. The first kappa shape index (κ1) is 25.0. The number of halogens is 1. The zero-order valence-corrected chi connectivity index (χ0v) is 18.9. The minimum atomic E-state index is -1.000. The van der Waals surface area contributed by atoms with E-state index in [2.05, 4.69) is 20.6 Å². The second kappa shape index (κ2) is 12.0. The molecule has 11 heteroatoms. The van der Waals surface area contributed by atoms with Gasteiger partial charge in [0.05, 0.1) is 19.9 Å². The first-order valence-electron chi connectivity index (χ1n) is 10.4. The van der Waals surface area contributed by atoms with E-state index < -0.39 is 23.6 Å². The van der Waals surface area contributed by atoms with Crippen LogP contribution in [0.1, 0.15) is 28.8 Å². The second-order valence-corrected chi connectivity index (χ2v) is 6.85. The summed E-state index contributed by atoms with van der Waals surface area (Å²) in [7, 11) is 1.26. The summed E-state index contributed by atoms with van der Waals surface area (Å²) in [4.78, 5) is 35.3. The molecular weight excluding hydrogens is 461 g/mol. The van der Waals surface area contributed by atoms with Gasteiger partial charge >= 0.3 is 17.8 Å². The van der Waals surface area contributed by atoms with Crippen LogP contribution in [-0.2, 0) is 20.9 Å². The molecule has 0 aliphatic rings. The average Bonchev–Trinajstić information content (AvgIpc) is 3.33. The van der Waals surface area contributed by atoms with Crippen LogP contribution in [0, 0.1) is 5.82 Å². The van der Waals surface area contributed by atoms with E-state index in [1.54, 1.807) is 31.2 Å². The van der Waals surface area contributed by atoms with Gasteiger partial charge in [0.1, 0.15) is 18.2 Å². The molecule has 0 unspecified atom stereocenters. The fraction of sp³-hybridized carbons (Fsp3) is 0.167. The maximum absolute atomic E-state index is 12.9. The molecule has 0 saturated heterocycles. The number of anilines is 1. The van der Waals surface area contributed by atoms with E-state index in [0.717, 1.165) is 12.1 Å². The summed E-state index contributed by atoms with van der Waals surface area (Å²) in [5, 5.41) is 6.10. The fourth-order valence-corrected chi connectivity index (χ4v) is 2.74. The van der Waals surface area contributed by atoms with Crippen molar-refractivity contribution in [2.45, 2.75) is 13.5 Å². The van der Waals surface area contributed by atoms with Crippen molar-refractivity contribution in [3.05, 3.63) is 77.5 Å². The van der Waals surface area contributed by atoms with Crippen LogP contribution in [0.3, 0.4) is 0 Å². The number of rotatable bonds is 9. The van der Waals surface area contributed by atoms with Crippen LogP contribution in [0.2, 0.25) is 0 Å². The third-order valence-electron chi connectivity index (χ3n) is 4.37. The fourth-order valence-electron chi connectivity index (χ4n) is 2.74. The van der Waals surface area contributed by atoms with Gasteiger partial charge < -0.3 is 23.9 Å². The van der Waals surface area contributed by atoms with E-state index in [0.29, 0.717) is 29.4 Å². The van der Waals surface area contributed by atoms with Crippen molar-refractivity contribution in [2.75, 3.05) is 19.0 Å². The van der Waals surface area contributed by atoms with Gasteiger partial charge in [0.2, 0.25) is 5.76 Å². The van der Waals surface area contributed by atoms with Crippen LogP contribution in [0.15, 0.2) is 64.1 Å². The lowest BCUT2D eigenvalue weighted by molar-refractivity contribution is -0.136. The van der Waals surface area contributed by atoms with Crippen LogP contribution in [0.4, 0.5) is 10.1 Å². The van der Waals surface area contributed by atoms with Gasteiger partial charge in [-0.1, -0.05) is 0 Å². The lowest BCUT2D eigenvalue weighted by Gasteiger charge is -2.11. The molecule has 0 radical (unpaired) electrons. The molecule has 0 atom stereocenters. The molecule has 1 aromatic heterocycles. The van der Waals surface area contributed by atoms with E-state index in [9.17, 15) is 18.8 Å². The Labute approximate surface area is 199 Å². The number of carbonyl (C=O) groups excluding carboxylic acids is 3. The van der Waals surface area contributed by atoms with Crippen molar-refractivity contribution in [2.24, 2.45) is 5.10 Å². The maximum Gasteiger partial charge on any atom is 0.373 e. The molecule has 0 saturated carbocycles. The van der Waals surface area contributed by atoms with Gasteiger partial charge in [-0.25, -0.2) is 14.6 Å². The van der Waals surface area contributed by atoms with Crippen molar-refractivity contribution in [1.29, 1.82) is 0 Å². The lowest BCUT2D eigenvalue weighted by atomic mass is 10.2. The molecule has 3 rings (SSSR count). The van der Waals surface area contributed by atoms with Gasteiger partial charge in [-0.15, -0.1) is 0 Å². The first-order chi connectivity index (χ1) is 16.9. The molecule has 0 fully saturated rings. The van der Waals surface area contributed by atoms with Gasteiger partial charge in [-0.3, -0.25) is 9.59 Å². The van der Waals surface area contributed by atoms with Crippen LogP contribution in [0.25, 0.3) is 0 Å². The Morgan fingerprint density at radius 1 is 1.00 bits per heavy atom. The number of benzene rings is 2. The third kappa shape index (κ3) is 7.16. The van der Waals surface area contributed by atoms with Crippen molar-refractivity contribution in [3.63, 3.8) is 0 Å². The molecule has 1 heterocycles. The van der Waals surface area contributed by atoms with Crippen molar-refractivity contribution in [1.82, 2.24) is 5.43 Å². The number of esters is 1. The molecule has 3 aromatic rings. The SMILES string of the molecule is CCOc1cc(C=NNC(=O)C(=O)Nc2ccc(F)cc2)ccc1OCc1ccc(C(=O)OC)o1. The largest absolute Gasteiger partial charge is 0.490 e. The molecule has 0 aliphatic heterocycles. The first-order valence-corrected chi connectivity index (χ1v) is 10.4. The Bertz CT molecular complexity index is 1220. The number of hydrazone groups is 1. The Balaban J connectivity index is 1.58. The number of methoxy groups -OCH3 is 1. The molecular formula is C24H22FN3O7. The number of carbonyl (C=O) groups is 3. The number of hydrogen-bond donors (Lipinski definition) is 2. The van der Waals surface area contributed by atoms with E-state index >= 15 is 0 Å². The number of ether oxygens (including phenoxy) is 3. The Morgan fingerprint density at radius 2 is 1.77 bits per heavy atom. The predicted molar refractivity (Wildman–Crippen MR) is 123 cm³/mol. The number of furan rings is 1. The maximum atomic E-state index is 12.9. The zero-order chi connectivity index (χ0) is 25.2. The number of nitrogens with one attached hydrogen (secondary N) is 2. The summed E-state index contributed by atoms with van der Waals surface area (Å²) >= 11 is 0. The minimum Gasteiger partial charge on any atom is -0.490 e. The Kier molecular flexibility index (Phi) is 8.54. The van der Waals surface area contributed by atoms with Crippen LogP contribution in [-0.4, -0.2) is 37.7 Å². The molecule has 2 N–H and O–H groups in total. The highest BCUT2D eigenvalue weighted by Gasteiger charge is 2.14. The molecule has 10 nitrogen and oxygen atoms in total. The lowest BCUT2D eigenvalue weighted by Crippen LogP contribution is -2.32. The zero-order valence-electron chi connectivity index (χ0n) is 18.9. The van der Waals surface area contributed by atoms with E-state index in [-0.39, 0.29) is 18.1 Å². The summed E-state index contributed by atoms with van der Waals surface area (Å²) in [6.07, 6.45) is 1.32. The highest BCUT2D eigenvalue weighted by Crippen LogP contribution is 2.29. The summed E-state index contributed by atoms with van der Waals surface area (Å²) < 4.78 is 34.2. The monoisotopic (exact) mass is 483 g/mol. The van der Waals surface area contributed by atoms with Crippen molar-refractivity contribution >= 4 is 29.7 Å². The average molecular weight is 483 g/mol. The second-order valence-electron chi connectivity index (χ2n) is 6.85. The predicted octanol–water partition coefficient (Wildman–Crippen LogP) is 3.27. The number of nitrogens with zero attached hydrogens (tertiary/aromatic N) is 1. The Morgan fingerprint density at radius 3 is 2.49 bits per heavy atom. The van der Waals surface area contributed by atoms with E-state index in [4.69, 9.17) is 13.9 Å². The quantitative estimate of drug-likeness (QED) is 0.207. The summed E-state index contributed by atoms with van der Waals surface area (Å²) in [6, 6.07) is 13.0. The highest BCUT2D eigenvalue weighted by atomic mass is 19.1. The molecule has 2 amide bonds. The van der Waals surface area contributed by atoms with Gasteiger partial charge in [0.15, 0.2) is 11.5 Å². The molecule has 0 bridgehead atoms. The van der Waals surface area contributed by atoms with Gasteiger partial charge in [-0.2, -0.15) is 5.10 Å². The summed E-state index contributed by atoms with van der Waals surface area (Å²) in [6.45, 7) is 2.22. The molecule has 182 valence electrons. The van der Waals surface area contributed by atoms with Gasteiger partial charge in [0, 0.05) is 5.69 Å². The molecule has 35 heavy (non-hydrogen) atoms.